The highest BCUT2D eigenvalue weighted by Crippen LogP contribution is 2.47. The summed E-state index contributed by atoms with van der Waals surface area (Å²) >= 11 is 18.6. The highest BCUT2D eigenvalue weighted by Gasteiger charge is 2.47. The predicted molar refractivity (Wildman–Crippen MR) is 164 cm³/mol. The number of aryl methyl sites for hydroxylation is 1. The number of rotatable bonds is 10. The van der Waals surface area contributed by atoms with Crippen LogP contribution in [0.3, 0.4) is 0 Å². The van der Waals surface area contributed by atoms with Crippen molar-refractivity contribution in [2.45, 2.75) is 38.7 Å². The molecule has 0 bridgehead atoms. The van der Waals surface area contributed by atoms with Crippen molar-refractivity contribution in [2.75, 3.05) is 13.2 Å². The fourth-order valence-electron chi connectivity index (χ4n) is 5.09. The summed E-state index contributed by atoms with van der Waals surface area (Å²) in [4.78, 5) is 34.5. The Balaban J connectivity index is 1.57. The average molecular weight is 646 g/mol. The van der Waals surface area contributed by atoms with Crippen molar-refractivity contribution >= 4 is 57.5 Å². The monoisotopic (exact) mass is 644 g/mol. The van der Waals surface area contributed by atoms with Crippen LogP contribution in [0.25, 0.3) is 22.2 Å². The van der Waals surface area contributed by atoms with Gasteiger partial charge in [0, 0.05) is 28.3 Å². The van der Waals surface area contributed by atoms with E-state index in [4.69, 9.17) is 50.3 Å². The van der Waals surface area contributed by atoms with Gasteiger partial charge in [-0.25, -0.2) is 9.37 Å². The Kier molecular flexibility index (Phi) is 8.81. The molecule has 43 heavy (non-hydrogen) atoms. The van der Waals surface area contributed by atoms with Crippen molar-refractivity contribution in [1.82, 2.24) is 15.3 Å². The lowest BCUT2D eigenvalue weighted by Gasteiger charge is -2.30. The molecule has 2 heterocycles. The first-order valence-corrected chi connectivity index (χ1v) is 14.7. The Morgan fingerprint density at radius 1 is 1.12 bits per heavy atom. The third kappa shape index (κ3) is 6.40. The second kappa shape index (κ2) is 12.2. The molecule has 1 atom stereocenters. The van der Waals surface area contributed by atoms with Crippen LogP contribution < -0.4 is 15.8 Å². The predicted octanol–water partition coefficient (Wildman–Crippen LogP) is 6.16. The fourth-order valence-corrected chi connectivity index (χ4v) is 5.85. The van der Waals surface area contributed by atoms with Crippen molar-refractivity contribution in [3.05, 3.63) is 85.9 Å². The van der Waals surface area contributed by atoms with Gasteiger partial charge in [0.25, 0.3) is 5.91 Å². The SMILES string of the molecule is CCOc1c(CC(N)=O)cc([C@@](O)(CNC(=O)c2cc(Cl)c3ncc(C)cc3c2)C2CC2)nc1-c1cc(Cl)c(F)c(Cl)c1. The van der Waals surface area contributed by atoms with E-state index in [2.05, 4.69) is 10.3 Å². The number of fused-ring (bicyclic) bond motifs is 1. The van der Waals surface area contributed by atoms with Gasteiger partial charge in [0.05, 0.1) is 45.9 Å². The maximum Gasteiger partial charge on any atom is 0.251 e. The molecule has 2 aromatic heterocycles. The van der Waals surface area contributed by atoms with E-state index < -0.39 is 23.2 Å². The average Bonchev–Trinajstić information content (AvgIpc) is 3.81. The van der Waals surface area contributed by atoms with E-state index in [-0.39, 0.29) is 52.7 Å². The van der Waals surface area contributed by atoms with Crippen molar-refractivity contribution < 1.29 is 23.8 Å². The zero-order valence-corrected chi connectivity index (χ0v) is 25.6. The van der Waals surface area contributed by atoms with Crippen LogP contribution in [0.1, 0.15) is 46.9 Å². The van der Waals surface area contributed by atoms with Crippen LogP contribution in [0.15, 0.2) is 42.6 Å². The molecule has 1 aliphatic rings. The van der Waals surface area contributed by atoms with E-state index in [9.17, 15) is 19.1 Å². The number of hydrogen-bond donors (Lipinski definition) is 3. The van der Waals surface area contributed by atoms with Gasteiger partial charge in [0.1, 0.15) is 17.0 Å². The lowest BCUT2D eigenvalue weighted by atomic mass is 9.90. The Morgan fingerprint density at radius 2 is 1.81 bits per heavy atom. The molecular weight excluding hydrogens is 618 g/mol. The maximum atomic E-state index is 14.3. The molecule has 0 saturated heterocycles. The normalized spacial score (nSPS) is 14.4. The van der Waals surface area contributed by atoms with Gasteiger partial charge in [-0.05, 0) is 74.6 Å². The highest BCUT2D eigenvalue weighted by atomic mass is 35.5. The molecule has 2 aromatic carbocycles. The second-order valence-corrected chi connectivity index (χ2v) is 11.8. The second-order valence-electron chi connectivity index (χ2n) is 10.6. The summed E-state index contributed by atoms with van der Waals surface area (Å²) in [5, 5.41) is 15.5. The van der Waals surface area contributed by atoms with Crippen LogP contribution in [-0.4, -0.2) is 40.0 Å². The minimum atomic E-state index is -1.63. The van der Waals surface area contributed by atoms with E-state index in [1.165, 1.54) is 18.2 Å². The minimum absolute atomic E-state index is 0.179. The number of carbonyl (C=O) groups excluding carboxylic acids is 2. The van der Waals surface area contributed by atoms with Gasteiger partial charge in [-0.1, -0.05) is 34.8 Å². The first-order chi connectivity index (χ1) is 20.4. The van der Waals surface area contributed by atoms with Gasteiger partial charge >= 0.3 is 0 Å². The summed E-state index contributed by atoms with van der Waals surface area (Å²) in [6.07, 6.45) is 2.84. The van der Waals surface area contributed by atoms with E-state index in [1.807, 2.05) is 13.0 Å². The number of nitrogens with zero attached hydrogens (tertiary/aromatic N) is 2. The standard InChI is InChI=1S/C31H28Cl3FN4O4/c1-3-43-29-18(12-25(36)40)11-24(39-28(29)17-8-21(32)26(35)22(33)9-17)31(42,20-4-5-20)14-38-30(41)19-7-16-6-15(2)13-37-27(16)23(34)10-19/h6-11,13,20,42H,3-5,12,14H2,1-2H3,(H2,36,40)(H,38,41)/t31-/m1/s1. The quantitative estimate of drug-likeness (QED) is 0.177. The molecule has 0 radical (unpaired) electrons. The topological polar surface area (TPSA) is 127 Å². The summed E-state index contributed by atoms with van der Waals surface area (Å²) in [5.74, 6) is -1.90. The molecule has 5 rings (SSSR count). The van der Waals surface area contributed by atoms with Gasteiger partial charge in [0.2, 0.25) is 5.91 Å². The van der Waals surface area contributed by atoms with Crippen molar-refractivity contribution in [3.63, 3.8) is 0 Å². The van der Waals surface area contributed by atoms with E-state index in [0.29, 0.717) is 45.5 Å². The zero-order chi connectivity index (χ0) is 31.1. The van der Waals surface area contributed by atoms with Crippen molar-refractivity contribution in [1.29, 1.82) is 0 Å². The van der Waals surface area contributed by atoms with Crippen LogP contribution in [0.2, 0.25) is 15.1 Å². The number of ether oxygens (including phenoxy) is 1. The van der Waals surface area contributed by atoms with Crippen LogP contribution >= 0.6 is 34.8 Å². The Labute approximate surface area is 262 Å². The number of halogens is 4. The molecule has 1 fully saturated rings. The van der Waals surface area contributed by atoms with Crippen molar-refractivity contribution in [2.24, 2.45) is 11.7 Å². The van der Waals surface area contributed by atoms with Gasteiger partial charge in [-0.2, -0.15) is 0 Å². The first-order valence-electron chi connectivity index (χ1n) is 13.6. The van der Waals surface area contributed by atoms with E-state index >= 15 is 0 Å². The number of nitrogens with two attached hydrogens (primary N) is 1. The van der Waals surface area contributed by atoms with Crippen LogP contribution in [0, 0.1) is 18.7 Å². The van der Waals surface area contributed by atoms with Gasteiger partial charge in [-0.15, -0.1) is 0 Å². The fraction of sp³-hybridized carbons (Fsp3) is 0.290. The van der Waals surface area contributed by atoms with Gasteiger partial charge in [0.15, 0.2) is 5.82 Å². The number of pyridine rings is 2. The Morgan fingerprint density at radius 3 is 2.44 bits per heavy atom. The lowest BCUT2D eigenvalue weighted by molar-refractivity contribution is -0.117. The first kappa shape index (κ1) is 30.9. The smallest absolute Gasteiger partial charge is 0.251 e. The number of nitrogens with one attached hydrogen (secondary N) is 1. The van der Waals surface area contributed by atoms with E-state index in [1.54, 1.807) is 25.3 Å². The van der Waals surface area contributed by atoms with Crippen molar-refractivity contribution in [3.8, 4) is 17.0 Å². The summed E-state index contributed by atoms with van der Waals surface area (Å²) < 4.78 is 20.2. The number of aromatic nitrogens is 2. The number of hydrogen-bond acceptors (Lipinski definition) is 6. The molecular formula is C31H28Cl3FN4O4. The molecule has 224 valence electrons. The molecule has 4 N–H and O–H groups in total. The molecule has 12 heteroatoms. The molecule has 2 amide bonds. The summed E-state index contributed by atoms with van der Waals surface area (Å²) in [7, 11) is 0. The number of amides is 2. The molecule has 0 aliphatic heterocycles. The molecule has 8 nitrogen and oxygen atoms in total. The summed E-state index contributed by atoms with van der Waals surface area (Å²) in [6, 6.07) is 9.32. The number of carbonyl (C=O) groups is 2. The Hall–Kier alpha value is -3.50. The zero-order valence-electron chi connectivity index (χ0n) is 23.3. The summed E-state index contributed by atoms with van der Waals surface area (Å²) in [5.41, 5.74) is 6.76. The number of benzene rings is 2. The van der Waals surface area contributed by atoms with Gasteiger partial charge < -0.3 is 20.9 Å². The Bertz CT molecular complexity index is 1740. The van der Waals surface area contributed by atoms with Crippen LogP contribution in [0.4, 0.5) is 4.39 Å². The molecule has 0 unspecified atom stereocenters. The number of aliphatic hydroxyl groups is 1. The number of primary amides is 1. The third-order valence-corrected chi connectivity index (χ3v) is 8.15. The summed E-state index contributed by atoms with van der Waals surface area (Å²) in [6.45, 7) is 3.67. The minimum Gasteiger partial charge on any atom is -0.491 e. The molecule has 1 aliphatic carbocycles. The third-order valence-electron chi connectivity index (χ3n) is 7.31. The maximum absolute atomic E-state index is 14.3. The molecule has 1 saturated carbocycles. The lowest BCUT2D eigenvalue weighted by Crippen LogP contribution is -2.43. The van der Waals surface area contributed by atoms with Crippen LogP contribution in [0.5, 0.6) is 5.75 Å². The van der Waals surface area contributed by atoms with Gasteiger partial charge in [-0.3, -0.25) is 14.6 Å². The molecule has 4 aromatic rings. The largest absolute Gasteiger partial charge is 0.491 e. The van der Waals surface area contributed by atoms with E-state index in [0.717, 1.165) is 5.56 Å². The van der Waals surface area contributed by atoms with Crippen LogP contribution in [-0.2, 0) is 16.8 Å². The highest BCUT2D eigenvalue weighted by molar-refractivity contribution is 6.36. The molecule has 0 spiro atoms.